The van der Waals surface area contributed by atoms with E-state index in [0.717, 1.165) is 0 Å². The lowest BCUT2D eigenvalue weighted by Crippen LogP contribution is -2.45. The SMILES string of the molecule is COC(=O)[C@@H](NC(=O)c1cc(OC)ccc1Br)C(C)C. The molecule has 0 unspecified atom stereocenters. The Morgan fingerprint density at radius 1 is 1.25 bits per heavy atom. The average molecular weight is 344 g/mol. The fourth-order valence-electron chi connectivity index (χ4n) is 1.65. The topological polar surface area (TPSA) is 64.6 Å². The minimum absolute atomic E-state index is 0.0733. The smallest absolute Gasteiger partial charge is 0.328 e. The van der Waals surface area contributed by atoms with Crippen molar-refractivity contribution in [3.05, 3.63) is 28.2 Å². The van der Waals surface area contributed by atoms with Crippen molar-refractivity contribution in [2.24, 2.45) is 5.92 Å². The summed E-state index contributed by atoms with van der Waals surface area (Å²) < 4.78 is 10.4. The summed E-state index contributed by atoms with van der Waals surface area (Å²) in [6.07, 6.45) is 0. The molecule has 1 atom stereocenters. The number of hydrogen-bond donors (Lipinski definition) is 1. The average Bonchev–Trinajstić information content (AvgIpc) is 2.43. The van der Waals surface area contributed by atoms with Crippen LogP contribution < -0.4 is 10.1 Å². The number of amides is 1. The van der Waals surface area contributed by atoms with Crippen molar-refractivity contribution in [3.8, 4) is 5.75 Å². The second-order valence-corrected chi connectivity index (χ2v) is 5.42. The Morgan fingerprint density at radius 2 is 1.90 bits per heavy atom. The van der Waals surface area contributed by atoms with Gasteiger partial charge in [0.15, 0.2) is 0 Å². The highest BCUT2D eigenvalue weighted by Crippen LogP contribution is 2.22. The maximum Gasteiger partial charge on any atom is 0.328 e. The van der Waals surface area contributed by atoms with Gasteiger partial charge in [0.1, 0.15) is 11.8 Å². The van der Waals surface area contributed by atoms with E-state index in [4.69, 9.17) is 9.47 Å². The molecule has 1 aromatic carbocycles. The van der Waals surface area contributed by atoms with Crippen molar-refractivity contribution in [3.63, 3.8) is 0 Å². The lowest BCUT2D eigenvalue weighted by atomic mass is 10.0. The zero-order valence-electron chi connectivity index (χ0n) is 11.9. The van der Waals surface area contributed by atoms with Gasteiger partial charge in [0.05, 0.1) is 19.8 Å². The lowest BCUT2D eigenvalue weighted by molar-refractivity contribution is -0.144. The molecule has 0 heterocycles. The van der Waals surface area contributed by atoms with E-state index < -0.39 is 12.0 Å². The Morgan fingerprint density at radius 3 is 2.40 bits per heavy atom. The zero-order valence-corrected chi connectivity index (χ0v) is 13.5. The van der Waals surface area contributed by atoms with E-state index in [-0.39, 0.29) is 11.8 Å². The van der Waals surface area contributed by atoms with Gasteiger partial charge in [0, 0.05) is 4.47 Å². The number of benzene rings is 1. The highest BCUT2D eigenvalue weighted by Gasteiger charge is 2.26. The number of ether oxygens (including phenoxy) is 2. The molecule has 0 saturated heterocycles. The maximum absolute atomic E-state index is 12.3. The predicted molar refractivity (Wildman–Crippen MR) is 78.8 cm³/mol. The van der Waals surface area contributed by atoms with Crippen LogP contribution in [0.15, 0.2) is 22.7 Å². The molecule has 6 heteroatoms. The molecule has 0 aliphatic rings. The number of hydrogen-bond acceptors (Lipinski definition) is 4. The summed E-state index contributed by atoms with van der Waals surface area (Å²) >= 11 is 3.31. The Balaban J connectivity index is 2.97. The van der Waals surface area contributed by atoms with Gasteiger partial charge < -0.3 is 14.8 Å². The molecule has 0 aliphatic heterocycles. The van der Waals surface area contributed by atoms with Gasteiger partial charge in [-0.05, 0) is 40.0 Å². The van der Waals surface area contributed by atoms with Gasteiger partial charge in [-0.2, -0.15) is 0 Å². The minimum atomic E-state index is -0.689. The second-order valence-electron chi connectivity index (χ2n) is 4.56. The molecule has 0 aromatic heterocycles. The molecular weight excluding hydrogens is 326 g/mol. The van der Waals surface area contributed by atoms with E-state index in [1.54, 1.807) is 18.2 Å². The Kier molecular flexibility index (Phi) is 6.01. The lowest BCUT2D eigenvalue weighted by Gasteiger charge is -2.20. The van der Waals surface area contributed by atoms with Crippen molar-refractivity contribution in [2.45, 2.75) is 19.9 Å². The molecule has 0 fully saturated rings. The first-order valence-corrected chi connectivity index (χ1v) is 6.92. The highest BCUT2D eigenvalue weighted by molar-refractivity contribution is 9.10. The molecule has 0 spiro atoms. The maximum atomic E-state index is 12.3. The van der Waals surface area contributed by atoms with Gasteiger partial charge in [-0.25, -0.2) is 4.79 Å². The standard InChI is InChI=1S/C14H18BrNO4/c1-8(2)12(14(18)20-4)16-13(17)10-7-9(19-3)5-6-11(10)15/h5-8,12H,1-4H3,(H,16,17)/t12-/m0/s1. The fraction of sp³-hybridized carbons (Fsp3) is 0.429. The Bertz CT molecular complexity index is 502. The van der Waals surface area contributed by atoms with Crippen LogP contribution in [0, 0.1) is 5.92 Å². The molecule has 20 heavy (non-hydrogen) atoms. The fourth-order valence-corrected chi connectivity index (χ4v) is 2.08. The monoisotopic (exact) mass is 343 g/mol. The van der Waals surface area contributed by atoms with E-state index in [1.807, 2.05) is 13.8 Å². The second kappa shape index (κ2) is 7.28. The predicted octanol–water partition coefficient (Wildman–Crippen LogP) is 2.39. The van der Waals surface area contributed by atoms with Gasteiger partial charge in [-0.1, -0.05) is 13.8 Å². The van der Waals surface area contributed by atoms with Crippen molar-refractivity contribution in [1.29, 1.82) is 0 Å². The molecule has 1 N–H and O–H groups in total. The van der Waals surface area contributed by atoms with Gasteiger partial charge in [-0.3, -0.25) is 4.79 Å². The van der Waals surface area contributed by atoms with Gasteiger partial charge >= 0.3 is 5.97 Å². The molecule has 1 amide bonds. The van der Waals surface area contributed by atoms with Crippen molar-refractivity contribution in [2.75, 3.05) is 14.2 Å². The zero-order chi connectivity index (χ0) is 15.3. The number of esters is 1. The Hall–Kier alpha value is -1.56. The van der Waals surface area contributed by atoms with Gasteiger partial charge in [0.2, 0.25) is 0 Å². The number of methoxy groups -OCH3 is 2. The third-order valence-electron chi connectivity index (χ3n) is 2.83. The molecule has 1 rings (SSSR count). The van der Waals surface area contributed by atoms with Crippen LogP contribution in [0.4, 0.5) is 0 Å². The first-order chi connectivity index (χ1) is 9.40. The summed E-state index contributed by atoms with van der Waals surface area (Å²) in [7, 11) is 2.82. The van der Waals surface area contributed by atoms with Crippen LogP contribution in [0.1, 0.15) is 24.2 Å². The first kappa shape index (κ1) is 16.5. The van der Waals surface area contributed by atoms with Crippen LogP contribution in [0.5, 0.6) is 5.75 Å². The van der Waals surface area contributed by atoms with E-state index in [2.05, 4.69) is 21.2 Å². The van der Waals surface area contributed by atoms with Crippen molar-refractivity contribution in [1.82, 2.24) is 5.32 Å². The van der Waals surface area contributed by atoms with E-state index in [1.165, 1.54) is 14.2 Å². The number of nitrogens with one attached hydrogen (secondary N) is 1. The van der Waals surface area contributed by atoms with Gasteiger partial charge in [-0.15, -0.1) is 0 Å². The largest absolute Gasteiger partial charge is 0.497 e. The number of halogens is 1. The van der Waals surface area contributed by atoms with Crippen LogP contribution >= 0.6 is 15.9 Å². The molecule has 110 valence electrons. The molecule has 1 aromatic rings. The molecule has 0 aliphatic carbocycles. The van der Waals surface area contributed by atoms with Crippen LogP contribution in [-0.2, 0) is 9.53 Å². The summed E-state index contributed by atoms with van der Waals surface area (Å²) in [4.78, 5) is 23.9. The molecule has 5 nitrogen and oxygen atoms in total. The van der Waals surface area contributed by atoms with Gasteiger partial charge in [0.25, 0.3) is 5.91 Å². The summed E-state index contributed by atoms with van der Waals surface area (Å²) in [5, 5.41) is 2.68. The third-order valence-corrected chi connectivity index (χ3v) is 3.52. The summed E-state index contributed by atoms with van der Waals surface area (Å²) in [6.45, 7) is 3.67. The number of carbonyl (C=O) groups is 2. The summed E-state index contributed by atoms with van der Waals surface area (Å²) in [6, 6.07) is 4.37. The van der Waals surface area contributed by atoms with Crippen LogP contribution in [-0.4, -0.2) is 32.1 Å². The van der Waals surface area contributed by atoms with Crippen molar-refractivity contribution < 1.29 is 19.1 Å². The molecule has 0 bridgehead atoms. The number of carbonyl (C=O) groups excluding carboxylic acids is 2. The normalized spacial score (nSPS) is 11.9. The van der Waals surface area contributed by atoms with E-state index in [9.17, 15) is 9.59 Å². The molecule has 0 saturated carbocycles. The van der Waals surface area contributed by atoms with Crippen molar-refractivity contribution >= 4 is 27.8 Å². The first-order valence-electron chi connectivity index (χ1n) is 6.13. The van der Waals surface area contributed by atoms with E-state index in [0.29, 0.717) is 15.8 Å². The molecular formula is C14H18BrNO4. The molecule has 0 radical (unpaired) electrons. The Labute approximate surface area is 126 Å². The van der Waals surface area contributed by atoms with Crippen LogP contribution in [0.3, 0.4) is 0 Å². The van der Waals surface area contributed by atoms with Crippen LogP contribution in [0.25, 0.3) is 0 Å². The van der Waals surface area contributed by atoms with Crippen LogP contribution in [0.2, 0.25) is 0 Å². The third kappa shape index (κ3) is 3.96. The van der Waals surface area contributed by atoms with E-state index >= 15 is 0 Å². The minimum Gasteiger partial charge on any atom is -0.497 e. The highest BCUT2D eigenvalue weighted by atomic mass is 79.9. The summed E-state index contributed by atoms with van der Waals surface area (Å²) in [5.41, 5.74) is 0.402. The summed E-state index contributed by atoms with van der Waals surface area (Å²) in [5.74, 6) is -0.333. The number of rotatable bonds is 5. The quantitative estimate of drug-likeness (QED) is 0.833.